The zero-order valence-corrected chi connectivity index (χ0v) is 19.3. The molecule has 5 rings (SSSR count). The standard InChI is InChI=1S/C27H24N2O4S/c30-22(24-20-9-4-5-10-21(20)28-25(24)18-7-2-1-3-8-18)17-33-27(32)19-12-14-29(15-13-19)26(31)23-11-6-16-34-23/h1-11,16,19,28H,12-15,17H2. The molecule has 0 spiro atoms. The Morgan fingerprint density at radius 2 is 1.68 bits per heavy atom. The molecule has 1 aliphatic rings. The number of H-pyrrole nitrogens is 1. The minimum absolute atomic E-state index is 0.00442. The lowest BCUT2D eigenvalue weighted by molar-refractivity contribution is -0.148. The number of aromatic amines is 1. The summed E-state index contributed by atoms with van der Waals surface area (Å²) in [4.78, 5) is 44.3. The maximum Gasteiger partial charge on any atom is 0.309 e. The van der Waals surface area contributed by atoms with Crippen molar-refractivity contribution in [3.63, 3.8) is 0 Å². The SMILES string of the molecule is O=C(COC(=O)C1CCN(C(=O)c2cccs2)CC1)c1c(-c2ccccc2)[nH]c2ccccc12. The molecule has 4 aromatic rings. The molecule has 0 atom stereocenters. The van der Waals surface area contributed by atoms with Crippen molar-refractivity contribution < 1.29 is 19.1 Å². The number of ether oxygens (including phenoxy) is 1. The van der Waals surface area contributed by atoms with Gasteiger partial charge in [-0.25, -0.2) is 0 Å². The lowest BCUT2D eigenvalue weighted by Gasteiger charge is -2.30. The van der Waals surface area contributed by atoms with Crippen molar-refractivity contribution in [2.24, 2.45) is 5.92 Å². The zero-order valence-electron chi connectivity index (χ0n) is 18.5. The number of piperidine rings is 1. The van der Waals surface area contributed by atoms with Crippen LogP contribution in [-0.2, 0) is 9.53 Å². The molecule has 0 bridgehead atoms. The van der Waals surface area contributed by atoms with Crippen LogP contribution in [0.25, 0.3) is 22.2 Å². The van der Waals surface area contributed by atoms with Crippen LogP contribution in [0.15, 0.2) is 72.1 Å². The first kappa shape index (κ1) is 22.1. The largest absolute Gasteiger partial charge is 0.457 e. The molecule has 0 saturated carbocycles. The number of carbonyl (C=O) groups excluding carboxylic acids is 3. The number of nitrogens with zero attached hydrogens (tertiary/aromatic N) is 1. The van der Waals surface area contributed by atoms with E-state index in [2.05, 4.69) is 4.98 Å². The number of aromatic nitrogens is 1. The molecular formula is C27H24N2O4S. The van der Waals surface area contributed by atoms with E-state index in [-0.39, 0.29) is 30.2 Å². The van der Waals surface area contributed by atoms with Gasteiger partial charge in [-0.1, -0.05) is 54.6 Å². The van der Waals surface area contributed by atoms with Crippen molar-refractivity contribution in [3.05, 3.63) is 82.6 Å². The molecule has 34 heavy (non-hydrogen) atoms. The third-order valence-corrected chi connectivity index (χ3v) is 7.10. The second kappa shape index (κ2) is 9.65. The van der Waals surface area contributed by atoms with Crippen molar-refractivity contribution in [1.29, 1.82) is 0 Å². The van der Waals surface area contributed by atoms with E-state index in [9.17, 15) is 14.4 Å². The second-order valence-corrected chi connectivity index (χ2v) is 9.31. The minimum atomic E-state index is -0.377. The fraction of sp³-hybridized carbons (Fsp3) is 0.222. The molecule has 3 heterocycles. The number of fused-ring (bicyclic) bond motifs is 1. The van der Waals surface area contributed by atoms with Crippen LogP contribution in [0.4, 0.5) is 0 Å². The molecule has 1 N–H and O–H groups in total. The topological polar surface area (TPSA) is 79.5 Å². The van der Waals surface area contributed by atoms with Gasteiger partial charge in [0.1, 0.15) is 0 Å². The van der Waals surface area contributed by atoms with Crippen LogP contribution in [0.5, 0.6) is 0 Å². The molecule has 0 radical (unpaired) electrons. The first-order valence-corrected chi connectivity index (χ1v) is 12.2. The Hall–Kier alpha value is -3.71. The van der Waals surface area contributed by atoms with Crippen LogP contribution in [0, 0.1) is 5.92 Å². The van der Waals surface area contributed by atoms with Gasteiger partial charge in [0.15, 0.2) is 6.61 Å². The van der Waals surface area contributed by atoms with Gasteiger partial charge >= 0.3 is 5.97 Å². The maximum atomic E-state index is 13.2. The quantitative estimate of drug-likeness (QED) is 0.310. The van der Waals surface area contributed by atoms with Gasteiger partial charge in [-0.05, 0) is 35.9 Å². The average Bonchev–Trinajstić information content (AvgIpc) is 3.56. The second-order valence-electron chi connectivity index (χ2n) is 8.36. The lowest BCUT2D eigenvalue weighted by atomic mass is 9.97. The third kappa shape index (κ3) is 4.39. The molecule has 1 aliphatic heterocycles. The highest BCUT2D eigenvalue weighted by atomic mass is 32.1. The number of ketones is 1. The first-order valence-electron chi connectivity index (χ1n) is 11.3. The predicted octanol–water partition coefficient (Wildman–Crippen LogP) is 5.17. The van der Waals surface area contributed by atoms with Gasteiger partial charge in [-0.2, -0.15) is 0 Å². The van der Waals surface area contributed by atoms with E-state index in [4.69, 9.17) is 4.74 Å². The molecule has 172 valence electrons. The van der Waals surface area contributed by atoms with E-state index in [0.29, 0.717) is 36.4 Å². The number of thiophene rings is 1. The van der Waals surface area contributed by atoms with Crippen molar-refractivity contribution in [3.8, 4) is 11.3 Å². The molecular weight excluding hydrogens is 448 g/mol. The number of benzene rings is 2. The molecule has 1 fully saturated rings. The predicted molar refractivity (Wildman–Crippen MR) is 132 cm³/mol. The van der Waals surface area contributed by atoms with Crippen LogP contribution in [-0.4, -0.2) is 47.2 Å². The number of hydrogen-bond acceptors (Lipinski definition) is 5. The number of likely N-dealkylation sites (tertiary alicyclic amines) is 1. The molecule has 7 heteroatoms. The van der Waals surface area contributed by atoms with Crippen LogP contribution in [0.1, 0.15) is 32.9 Å². The first-order chi connectivity index (χ1) is 16.6. The number of amides is 1. The molecule has 2 aromatic carbocycles. The van der Waals surface area contributed by atoms with E-state index in [1.54, 1.807) is 4.90 Å². The third-order valence-electron chi connectivity index (χ3n) is 6.24. The van der Waals surface area contributed by atoms with Crippen LogP contribution in [0.3, 0.4) is 0 Å². The zero-order chi connectivity index (χ0) is 23.5. The highest BCUT2D eigenvalue weighted by Gasteiger charge is 2.30. The smallest absolute Gasteiger partial charge is 0.309 e. The summed E-state index contributed by atoms with van der Waals surface area (Å²) in [6.45, 7) is 0.699. The van der Waals surface area contributed by atoms with Crippen LogP contribution < -0.4 is 0 Å². The van der Waals surface area contributed by atoms with Crippen LogP contribution >= 0.6 is 11.3 Å². The van der Waals surface area contributed by atoms with E-state index < -0.39 is 0 Å². The van der Waals surface area contributed by atoms with Crippen molar-refractivity contribution in [1.82, 2.24) is 9.88 Å². The summed E-state index contributed by atoms with van der Waals surface area (Å²) in [5, 5.41) is 2.69. The molecule has 1 amide bonds. The number of Topliss-reactive ketones (excluding diaryl/α,β-unsaturated/α-hetero) is 1. The van der Waals surface area contributed by atoms with Gasteiger partial charge in [0, 0.05) is 24.0 Å². The number of carbonyl (C=O) groups is 3. The van der Waals surface area contributed by atoms with E-state index in [0.717, 1.165) is 22.2 Å². The van der Waals surface area contributed by atoms with Crippen LogP contribution in [0.2, 0.25) is 0 Å². The highest BCUT2D eigenvalue weighted by Crippen LogP contribution is 2.31. The maximum absolute atomic E-state index is 13.2. The Morgan fingerprint density at radius 3 is 2.41 bits per heavy atom. The number of hydrogen-bond donors (Lipinski definition) is 1. The molecule has 2 aromatic heterocycles. The molecule has 6 nitrogen and oxygen atoms in total. The highest BCUT2D eigenvalue weighted by molar-refractivity contribution is 7.12. The summed E-state index contributed by atoms with van der Waals surface area (Å²) in [6.07, 6.45) is 1.07. The Labute approximate surface area is 201 Å². The number of esters is 1. The summed E-state index contributed by atoms with van der Waals surface area (Å²) in [5.41, 5.74) is 3.02. The molecule has 0 aliphatic carbocycles. The summed E-state index contributed by atoms with van der Waals surface area (Å²) in [6, 6.07) is 20.9. The monoisotopic (exact) mass is 472 g/mol. The van der Waals surface area contributed by atoms with Gasteiger partial charge in [0.2, 0.25) is 5.78 Å². The Balaban J connectivity index is 1.25. The van der Waals surface area contributed by atoms with Gasteiger partial charge in [-0.15, -0.1) is 11.3 Å². The number of nitrogens with one attached hydrogen (secondary N) is 1. The summed E-state index contributed by atoms with van der Waals surface area (Å²) < 4.78 is 5.47. The summed E-state index contributed by atoms with van der Waals surface area (Å²) in [7, 11) is 0. The van der Waals surface area contributed by atoms with E-state index >= 15 is 0 Å². The van der Waals surface area contributed by atoms with Crippen molar-refractivity contribution >= 4 is 39.9 Å². The van der Waals surface area contributed by atoms with Gasteiger partial charge < -0.3 is 14.6 Å². The van der Waals surface area contributed by atoms with E-state index in [1.165, 1.54) is 11.3 Å². The average molecular weight is 473 g/mol. The lowest BCUT2D eigenvalue weighted by Crippen LogP contribution is -2.40. The molecule has 0 unspecified atom stereocenters. The number of para-hydroxylation sites is 1. The Morgan fingerprint density at radius 1 is 0.941 bits per heavy atom. The van der Waals surface area contributed by atoms with Gasteiger partial charge in [0.05, 0.1) is 22.1 Å². The van der Waals surface area contributed by atoms with Gasteiger partial charge in [0.25, 0.3) is 5.91 Å². The Bertz CT molecular complexity index is 1320. The van der Waals surface area contributed by atoms with Gasteiger partial charge in [-0.3, -0.25) is 14.4 Å². The summed E-state index contributed by atoms with van der Waals surface area (Å²) >= 11 is 1.42. The minimum Gasteiger partial charge on any atom is -0.457 e. The van der Waals surface area contributed by atoms with E-state index in [1.807, 2.05) is 72.1 Å². The summed E-state index contributed by atoms with van der Waals surface area (Å²) in [5.74, 6) is -0.922. The van der Waals surface area contributed by atoms with Crippen molar-refractivity contribution in [2.45, 2.75) is 12.8 Å². The molecule has 1 saturated heterocycles. The normalized spacial score (nSPS) is 14.3. The van der Waals surface area contributed by atoms with Crippen molar-refractivity contribution in [2.75, 3.05) is 19.7 Å². The fourth-order valence-electron chi connectivity index (χ4n) is 4.45. The Kier molecular flexibility index (Phi) is 6.27. The fourth-order valence-corrected chi connectivity index (χ4v) is 5.14. The number of rotatable bonds is 6.